The number of piperidine rings is 1. The Morgan fingerprint density at radius 1 is 0.938 bits per heavy atom. The van der Waals surface area contributed by atoms with Gasteiger partial charge in [0.2, 0.25) is 0 Å². The summed E-state index contributed by atoms with van der Waals surface area (Å²) in [6.07, 6.45) is 5.40. The molecule has 0 unspecified atom stereocenters. The third-order valence-electron chi connectivity index (χ3n) is 4.14. The smallest absolute Gasteiger partial charge is 0.0471 e. The zero-order valence-corrected chi connectivity index (χ0v) is 11.6. The highest BCUT2D eigenvalue weighted by Gasteiger charge is 2.36. The van der Waals surface area contributed by atoms with Crippen molar-refractivity contribution in [1.29, 1.82) is 0 Å². The minimum absolute atomic E-state index is 0.656. The quantitative estimate of drug-likeness (QED) is 0.681. The SMILES string of the molecule is CC.CC(C)N1CCC2(CCOCC2)CC1. The lowest BCUT2D eigenvalue weighted by molar-refractivity contribution is -0.0251. The summed E-state index contributed by atoms with van der Waals surface area (Å²) in [6.45, 7) is 13.2. The summed E-state index contributed by atoms with van der Waals surface area (Å²) in [6, 6.07) is 0.729. The molecule has 2 heteroatoms. The summed E-state index contributed by atoms with van der Waals surface area (Å²) in [4.78, 5) is 2.61. The molecule has 0 amide bonds. The summed E-state index contributed by atoms with van der Waals surface area (Å²) < 4.78 is 5.46. The molecule has 0 atom stereocenters. The van der Waals surface area contributed by atoms with Crippen LogP contribution in [0, 0.1) is 5.41 Å². The predicted octanol–water partition coefficient (Wildman–Crippen LogP) is 3.31. The highest BCUT2D eigenvalue weighted by molar-refractivity contribution is 4.88. The highest BCUT2D eigenvalue weighted by Crippen LogP contribution is 2.40. The molecule has 16 heavy (non-hydrogen) atoms. The van der Waals surface area contributed by atoms with Crippen LogP contribution in [0.1, 0.15) is 53.4 Å². The average molecular weight is 227 g/mol. The van der Waals surface area contributed by atoms with E-state index in [0.717, 1.165) is 19.3 Å². The van der Waals surface area contributed by atoms with Crippen molar-refractivity contribution in [3.63, 3.8) is 0 Å². The standard InChI is InChI=1S/C12H23NO.C2H6/c1-11(2)13-7-3-12(4-8-13)5-9-14-10-6-12;1-2/h11H,3-10H2,1-2H3;1-2H3. The van der Waals surface area contributed by atoms with Gasteiger partial charge in [0.25, 0.3) is 0 Å². The second-order valence-electron chi connectivity index (χ2n) is 5.24. The maximum atomic E-state index is 5.46. The monoisotopic (exact) mass is 227 g/mol. The number of rotatable bonds is 1. The van der Waals surface area contributed by atoms with Crippen LogP contribution in [-0.2, 0) is 4.74 Å². The van der Waals surface area contributed by atoms with Gasteiger partial charge >= 0.3 is 0 Å². The van der Waals surface area contributed by atoms with Gasteiger partial charge in [-0.15, -0.1) is 0 Å². The van der Waals surface area contributed by atoms with E-state index in [0.29, 0.717) is 5.41 Å². The Bertz CT molecular complexity index is 175. The van der Waals surface area contributed by atoms with Crippen molar-refractivity contribution in [2.45, 2.75) is 59.4 Å². The molecule has 0 aromatic rings. The van der Waals surface area contributed by atoms with Gasteiger partial charge in [-0.05, 0) is 58.0 Å². The van der Waals surface area contributed by atoms with Crippen molar-refractivity contribution >= 4 is 0 Å². The van der Waals surface area contributed by atoms with Gasteiger partial charge in [-0.3, -0.25) is 0 Å². The number of likely N-dealkylation sites (tertiary alicyclic amines) is 1. The van der Waals surface area contributed by atoms with Crippen LogP contribution in [0.25, 0.3) is 0 Å². The first-order valence-electron chi connectivity index (χ1n) is 7.04. The van der Waals surface area contributed by atoms with Crippen LogP contribution in [0.15, 0.2) is 0 Å². The Hall–Kier alpha value is -0.0800. The molecule has 0 aromatic carbocycles. The van der Waals surface area contributed by atoms with Crippen LogP contribution in [0.4, 0.5) is 0 Å². The van der Waals surface area contributed by atoms with Crippen LogP contribution < -0.4 is 0 Å². The largest absolute Gasteiger partial charge is 0.381 e. The molecule has 2 aliphatic heterocycles. The first-order chi connectivity index (χ1) is 7.72. The first kappa shape index (κ1) is 14.0. The molecule has 1 spiro atoms. The Morgan fingerprint density at radius 2 is 1.44 bits per heavy atom. The zero-order chi connectivity index (χ0) is 12.0. The first-order valence-corrected chi connectivity index (χ1v) is 7.04. The molecule has 2 rings (SSSR count). The fraction of sp³-hybridized carbons (Fsp3) is 1.00. The number of ether oxygens (including phenoxy) is 1. The Labute approximate surface area is 101 Å². The van der Waals surface area contributed by atoms with Crippen LogP contribution >= 0.6 is 0 Å². The molecule has 2 nitrogen and oxygen atoms in total. The molecule has 0 aromatic heterocycles. The van der Waals surface area contributed by atoms with Crippen molar-refractivity contribution in [3.05, 3.63) is 0 Å². The van der Waals surface area contributed by atoms with E-state index in [1.165, 1.54) is 38.8 Å². The minimum atomic E-state index is 0.656. The van der Waals surface area contributed by atoms with Gasteiger partial charge < -0.3 is 9.64 Å². The molecule has 0 N–H and O–H groups in total. The van der Waals surface area contributed by atoms with Gasteiger partial charge in [0, 0.05) is 19.3 Å². The van der Waals surface area contributed by atoms with Gasteiger partial charge in [-0.1, -0.05) is 13.8 Å². The second kappa shape index (κ2) is 6.61. The van der Waals surface area contributed by atoms with E-state index in [9.17, 15) is 0 Å². The van der Waals surface area contributed by atoms with Crippen molar-refractivity contribution in [1.82, 2.24) is 4.90 Å². The van der Waals surface area contributed by atoms with Gasteiger partial charge in [0.15, 0.2) is 0 Å². The molecule has 2 heterocycles. The highest BCUT2D eigenvalue weighted by atomic mass is 16.5. The molecule has 0 radical (unpaired) electrons. The lowest BCUT2D eigenvalue weighted by atomic mass is 9.72. The summed E-state index contributed by atoms with van der Waals surface area (Å²) in [7, 11) is 0. The van der Waals surface area contributed by atoms with Crippen LogP contribution in [0.2, 0.25) is 0 Å². The second-order valence-corrected chi connectivity index (χ2v) is 5.24. The molecule has 2 fully saturated rings. The summed E-state index contributed by atoms with van der Waals surface area (Å²) >= 11 is 0. The van der Waals surface area contributed by atoms with Gasteiger partial charge in [0.1, 0.15) is 0 Å². The maximum Gasteiger partial charge on any atom is 0.0471 e. The van der Waals surface area contributed by atoms with Crippen molar-refractivity contribution in [2.24, 2.45) is 5.41 Å². The number of hydrogen-bond acceptors (Lipinski definition) is 2. The molecule has 0 aliphatic carbocycles. The average Bonchev–Trinajstić information content (AvgIpc) is 2.33. The van der Waals surface area contributed by atoms with E-state index < -0.39 is 0 Å². The lowest BCUT2D eigenvalue weighted by Crippen LogP contribution is -2.45. The predicted molar refractivity (Wildman–Crippen MR) is 69.8 cm³/mol. The minimum Gasteiger partial charge on any atom is -0.381 e. The lowest BCUT2D eigenvalue weighted by Gasteiger charge is -2.45. The van der Waals surface area contributed by atoms with Crippen LogP contribution in [0.3, 0.4) is 0 Å². The molecule has 2 saturated heterocycles. The number of hydrogen-bond donors (Lipinski definition) is 0. The third-order valence-corrected chi connectivity index (χ3v) is 4.14. The van der Waals surface area contributed by atoms with E-state index in [-0.39, 0.29) is 0 Å². The van der Waals surface area contributed by atoms with Gasteiger partial charge in [-0.25, -0.2) is 0 Å². The molecule has 96 valence electrons. The fourth-order valence-corrected chi connectivity index (χ4v) is 2.82. The number of nitrogens with zero attached hydrogens (tertiary/aromatic N) is 1. The van der Waals surface area contributed by atoms with Crippen LogP contribution in [0.5, 0.6) is 0 Å². The van der Waals surface area contributed by atoms with E-state index in [2.05, 4.69) is 18.7 Å². The summed E-state index contributed by atoms with van der Waals surface area (Å²) in [5.41, 5.74) is 0.656. The van der Waals surface area contributed by atoms with E-state index in [1.54, 1.807) is 0 Å². The molecule has 0 bridgehead atoms. The van der Waals surface area contributed by atoms with Crippen LogP contribution in [-0.4, -0.2) is 37.2 Å². The van der Waals surface area contributed by atoms with E-state index >= 15 is 0 Å². The topological polar surface area (TPSA) is 12.5 Å². The fourth-order valence-electron chi connectivity index (χ4n) is 2.82. The van der Waals surface area contributed by atoms with Gasteiger partial charge in [0.05, 0.1) is 0 Å². The molecular weight excluding hydrogens is 198 g/mol. The maximum absolute atomic E-state index is 5.46. The molecule has 0 saturated carbocycles. The zero-order valence-electron chi connectivity index (χ0n) is 11.6. The van der Waals surface area contributed by atoms with E-state index in [4.69, 9.17) is 4.74 Å². The molecular formula is C14H29NO. The summed E-state index contributed by atoms with van der Waals surface area (Å²) in [5, 5.41) is 0. The molecule has 2 aliphatic rings. The van der Waals surface area contributed by atoms with E-state index in [1.807, 2.05) is 13.8 Å². The Kier molecular flexibility index (Phi) is 5.77. The Balaban J connectivity index is 0.000000606. The van der Waals surface area contributed by atoms with Gasteiger partial charge in [-0.2, -0.15) is 0 Å². The normalized spacial score (nSPS) is 25.3. The summed E-state index contributed by atoms with van der Waals surface area (Å²) in [5.74, 6) is 0. The van der Waals surface area contributed by atoms with Crippen molar-refractivity contribution in [2.75, 3.05) is 26.3 Å². The van der Waals surface area contributed by atoms with Crippen molar-refractivity contribution in [3.8, 4) is 0 Å². The third kappa shape index (κ3) is 3.46. The Morgan fingerprint density at radius 3 is 1.88 bits per heavy atom. The van der Waals surface area contributed by atoms with Crippen molar-refractivity contribution < 1.29 is 4.74 Å².